The molecule has 0 saturated carbocycles. The van der Waals surface area contributed by atoms with Crippen LogP contribution in [0.4, 0.5) is 0 Å². The van der Waals surface area contributed by atoms with Crippen molar-refractivity contribution in [2.75, 3.05) is 24.6 Å². The molecule has 0 aromatic heterocycles. The van der Waals surface area contributed by atoms with Crippen molar-refractivity contribution in [3.05, 3.63) is 0 Å². The third-order valence-corrected chi connectivity index (χ3v) is 5.52. The van der Waals surface area contributed by atoms with E-state index in [1.807, 2.05) is 0 Å². The molecule has 1 unspecified atom stereocenters. The monoisotopic (exact) mass is 288 g/mol. The smallest absolute Gasteiger partial charge is 0.247 e. The predicted octanol–water partition coefficient (Wildman–Crippen LogP) is -0.452. The Morgan fingerprint density at radius 2 is 2.05 bits per heavy atom. The van der Waals surface area contributed by atoms with Crippen LogP contribution in [0, 0.1) is 5.92 Å². The number of hydrogen-bond donors (Lipinski definition) is 1. The molecular formula is C12H20N2O4S. The van der Waals surface area contributed by atoms with E-state index in [-0.39, 0.29) is 35.7 Å². The number of rotatable bonds is 2. The van der Waals surface area contributed by atoms with Crippen molar-refractivity contribution in [3.63, 3.8) is 0 Å². The quantitative estimate of drug-likeness (QED) is 0.746. The molecule has 1 N–H and O–H groups in total. The number of nitrogens with zero attached hydrogens (tertiary/aromatic N) is 1. The van der Waals surface area contributed by atoms with Crippen LogP contribution in [0.3, 0.4) is 0 Å². The molecule has 2 heterocycles. The molecule has 0 aromatic carbocycles. The summed E-state index contributed by atoms with van der Waals surface area (Å²) in [6.07, 6.45) is 0.878. The van der Waals surface area contributed by atoms with Crippen LogP contribution < -0.4 is 5.32 Å². The zero-order chi connectivity index (χ0) is 14.3. The van der Waals surface area contributed by atoms with Gasteiger partial charge in [-0.15, -0.1) is 0 Å². The van der Waals surface area contributed by atoms with Crippen molar-refractivity contribution in [2.24, 2.45) is 5.92 Å². The minimum absolute atomic E-state index is 0.00190. The molecule has 2 fully saturated rings. The molecule has 6 nitrogen and oxygen atoms in total. The van der Waals surface area contributed by atoms with Crippen molar-refractivity contribution >= 4 is 21.7 Å². The summed E-state index contributed by atoms with van der Waals surface area (Å²) < 4.78 is 22.9. The fraction of sp³-hybridized carbons (Fsp3) is 0.833. The summed E-state index contributed by atoms with van der Waals surface area (Å²) in [6, 6.07) is 0. The molecule has 0 spiro atoms. The van der Waals surface area contributed by atoms with Crippen molar-refractivity contribution in [1.29, 1.82) is 0 Å². The van der Waals surface area contributed by atoms with Crippen molar-refractivity contribution in [3.8, 4) is 0 Å². The van der Waals surface area contributed by atoms with Gasteiger partial charge in [0, 0.05) is 19.5 Å². The van der Waals surface area contributed by atoms with Gasteiger partial charge in [0.15, 0.2) is 9.84 Å². The minimum Gasteiger partial charge on any atom is -0.342 e. The van der Waals surface area contributed by atoms with E-state index < -0.39 is 15.4 Å². The summed E-state index contributed by atoms with van der Waals surface area (Å²) in [5.74, 6) is 0.0827. The molecule has 7 heteroatoms. The third-order valence-electron chi connectivity index (χ3n) is 3.69. The van der Waals surface area contributed by atoms with Gasteiger partial charge in [-0.3, -0.25) is 9.59 Å². The van der Waals surface area contributed by atoms with Gasteiger partial charge in [0.1, 0.15) is 5.54 Å². The zero-order valence-corrected chi connectivity index (χ0v) is 12.1. The Kier molecular flexibility index (Phi) is 3.59. The molecule has 2 amide bonds. The molecule has 0 radical (unpaired) electrons. The topological polar surface area (TPSA) is 83.6 Å². The second-order valence-corrected chi connectivity index (χ2v) is 8.17. The van der Waals surface area contributed by atoms with Crippen LogP contribution in [0.1, 0.15) is 26.7 Å². The van der Waals surface area contributed by atoms with E-state index in [9.17, 15) is 18.0 Å². The molecule has 2 aliphatic rings. The average molecular weight is 288 g/mol. The van der Waals surface area contributed by atoms with E-state index >= 15 is 0 Å². The van der Waals surface area contributed by atoms with Crippen LogP contribution in [-0.4, -0.2) is 55.3 Å². The zero-order valence-electron chi connectivity index (χ0n) is 11.3. The highest BCUT2D eigenvalue weighted by molar-refractivity contribution is 7.91. The molecule has 2 saturated heterocycles. The Bertz CT molecular complexity index is 498. The molecule has 19 heavy (non-hydrogen) atoms. The maximum absolute atomic E-state index is 12.3. The summed E-state index contributed by atoms with van der Waals surface area (Å²) >= 11 is 0. The van der Waals surface area contributed by atoms with E-state index in [1.54, 1.807) is 18.7 Å². The predicted molar refractivity (Wildman–Crippen MR) is 70.2 cm³/mol. The first kappa shape index (κ1) is 14.3. The number of nitrogens with one attached hydrogen (secondary N) is 1. The second-order valence-electron chi connectivity index (χ2n) is 5.94. The molecule has 108 valence electrons. The lowest BCUT2D eigenvalue weighted by molar-refractivity contribution is -0.137. The van der Waals surface area contributed by atoms with Gasteiger partial charge in [-0.2, -0.15) is 0 Å². The summed E-state index contributed by atoms with van der Waals surface area (Å²) in [4.78, 5) is 25.5. The van der Waals surface area contributed by atoms with Crippen molar-refractivity contribution < 1.29 is 18.0 Å². The second kappa shape index (κ2) is 4.77. The van der Waals surface area contributed by atoms with Crippen molar-refractivity contribution in [1.82, 2.24) is 10.2 Å². The Balaban J connectivity index is 2.07. The first-order chi connectivity index (χ1) is 8.70. The Morgan fingerprint density at radius 1 is 1.37 bits per heavy atom. The number of carbonyl (C=O) groups excluding carboxylic acids is 2. The van der Waals surface area contributed by atoms with Crippen LogP contribution in [0.25, 0.3) is 0 Å². The van der Waals surface area contributed by atoms with E-state index in [2.05, 4.69) is 5.32 Å². The Morgan fingerprint density at radius 3 is 2.63 bits per heavy atom. The van der Waals surface area contributed by atoms with Gasteiger partial charge in [-0.25, -0.2) is 8.42 Å². The summed E-state index contributed by atoms with van der Waals surface area (Å²) in [5.41, 5.74) is -0.912. The Hall–Kier alpha value is -1.11. The van der Waals surface area contributed by atoms with E-state index in [0.29, 0.717) is 19.5 Å². The van der Waals surface area contributed by atoms with Crippen molar-refractivity contribution in [2.45, 2.75) is 32.2 Å². The van der Waals surface area contributed by atoms with Gasteiger partial charge in [0.05, 0.1) is 11.5 Å². The van der Waals surface area contributed by atoms with Gasteiger partial charge < -0.3 is 10.2 Å². The lowest BCUT2D eigenvalue weighted by Crippen LogP contribution is -2.53. The van der Waals surface area contributed by atoms with Crippen LogP contribution in [0.5, 0.6) is 0 Å². The van der Waals surface area contributed by atoms with E-state index in [4.69, 9.17) is 0 Å². The third kappa shape index (κ3) is 3.26. The fourth-order valence-corrected chi connectivity index (χ4v) is 4.55. The fourth-order valence-electron chi connectivity index (χ4n) is 2.70. The van der Waals surface area contributed by atoms with Gasteiger partial charge in [0.25, 0.3) is 0 Å². The molecule has 0 aromatic rings. The number of hydrogen-bond acceptors (Lipinski definition) is 4. The van der Waals surface area contributed by atoms with Gasteiger partial charge >= 0.3 is 0 Å². The number of amides is 2. The molecule has 0 bridgehead atoms. The Labute approximate surface area is 113 Å². The van der Waals surface area contributed by atoms with E-state index in [1.165, 1.54) is 0 Å². The highest BCUT2D eigenvalue weighted by Crippen LogP contribution is 2.22. The lowest BCUT2D eigenvalue weighted by atomic mass is 10.0. The maximum Gasteiger partial charge on any atom is 0.247 e. The van der Waals surface area contributed by atoms with E-state index in [0.717, 1.165) is 0 Å². The standard InChI is InChI=1S/C12H20N2O4S/c1-12(2)11(16)14(5-3-10(15)13-12)7-9-4-6-19(17,18)8-9/h9H,3-8H2,1-2H3,(H,13,15). The molecule has 1 atom stereocenters. The van der Waals surface area contributed by atoms with Gasteiger partial charge in [-0.05, 0) is 26.2 Å². The largest absolute Gasteiger partial charge is 0.342 e. The first-order valence-electron chi connectivity index (χ1n) is 6.50. The SMILES string of the molecule is CC1(C)NC(=O)CCN(CC2CCS(=O)(=O)C2)C1=O. The molecule has 0 aliphatic carbocycles. The summed E-state index contributed by atoms with van der Waals surface area (Å²) in [6.45, 7) is 4.15. The molecule has 2 rings (SSSR count). The summed E-state index contributed by atoms with van der Waals surface area (Å²) in [7, 11) is -2.93. The summed E-state index contributed by atoms with van der Waals surface area (Å²) in [5, 5.41) is 2.69. The molecule has 2 aliphatic heterocycles. The van der Waals surface area contributed by atoms with Gasteiger partial charge in [0.2, 0.25) is 11.8 Å². The van der Waals surface area contributed by atoms with Crippen LogP contribution in [0.15, 0.2) is 0 Å². The van der Waals surface area contributed by atoms with Crippen LogP contribution >= 0.6 is 0 Å². The highest BCUT2D eigenvalue weighted by atomic mass is 32.2. The first-order valence-corrected chi connectivity index (χ1v) is 8.32. The number of sulfone groups is 1. The van der Waals surface area contributed by atoms with Crippen LogP contribution in [-0.2, 0) is 19.4 Å². The number of carbonyl (C=O) groups is 2. The lowest BCUT2D eigenvalue weighted by Gasteiger charge is -2.30. The van der Waals surface area contributed by atoms with Gasteiger partial charge in [-0.1, -0.05) is 0 Å². The van der Waals surface area contributed by atoms with Crippen LogP contribution in [0.2, 0.25) is 0 Å². The normalized spacial score (nSPS) is 30.0. The average Bonchev–Trinajstić information content (AvgIpc) is 2.57. The minimum atomic E-state index is -2.93. The highest BCUT2D eigenvalue weighted by Gasteiger charge is 2.38. The molecular weight excluding hydrogens is 268 g/mol. The maximum atomic E-state index is 12.3.